The number of aryl methyl sites for hydroxylation is 1. The predicted octanol–water partition coefficient (Wildman–Crippen LogP) is 4.33. The van der Waals surface area contributed by atoms with Gasteiger partial charge in [-0.3, -0.25) is 9.55 Å². The molecule has 0 fully saturated rings. The molecule has 2 heterocycles. The number of hydrogen-bond acceptors (Lipinski definition) is 2. The van der Waals surface area contributed by atoms with Crippen molar-refractivity contribution in [3.05, 3.63) is 54.1 Å². The van der Waals surface area contributed by atoms with Crippen LogP contribution in [0.15, 0.2) is 42.7 Å². The number of fused-ring (bicyclic) bond motifs is 1. The first-order chi connectivity index (χ1) is 10.2. The maximum absolute atomic E-state index is 5.92. The molecule has 21 heavy (non-hydrogen) atoms. The van der Waals surface area contributed by atoms with Crippen molar-refractivity contribution < 1.29 is 0 Å². The highest BCUT2D eigenvalue weighted by Gasteiger charge is 2.12. The summed E-state index contributed by atoms with van der Waals surface area (Å²) in [6.45, 7) is 4.40. The molecule has 0 amide bonds. The Labute approximate surface area is 129 Å². The Kier molecular flexibility index (Phi) is 3.93. The van der Waals surface area contributed by atoms with Crippen molar-refractivity contribution in [3.63, 3.8) is 0 Å². The highest BCUT2D eigenvalue weighted by molar-refractivity contribution is 6.17. The van der Waals surface area contributed by atoms with Gasteiger partial charge in [0.1, 0.15) is 11.3 Å². The SMILES string of the molecule is CC(C)c1ccc(-n2c(CCCl)nc3cnccc32)cc1. The van der Waals surface area contributed by atoms with E-state index < -0.39 is 0 Å². The molecule has 0 aliphatic rings. The van der Waals surface area contributed by atoms with Gasteiger partial charge in [-0.25, -0.2) is 4.98 Å². The molecule has 1 aromatic carbocycles. The van der Waals surface area contributed by atoms with E-state index in [1.807, 2.05) is 6.07 Å². The zero-order chi connectivity index (χ0) is 14.8. The quantitative estimate of drug-likeness (QED) is 0.672. The summed E-state index contributed by atoms with van der Waals surface area (Å²) >= 11 is 5.92. The van der Waals surface area contributed by atoms with Crippen molar-refractivity contribution >= 4 is 22.6 Å². The van der Waals surface area contributed by atoms with E-state index in [1.54, 1.807) is 12.4 Å². The van der Waals surface area contributed by atoms with Crippen molar-refractivity contribution in [1.29, 1.82) is 0 Å². The molecule has 0 atom stereocenters. The lowest BCUT2D eigenvalue weighted by Gasteiger charge is -2.11. The molecule has 3 rings (SSSR count). The third kappa shape index (κ3) is 2.66. The van der Waals surface area contributed by atoms with Crippen molar-refractivity contribution in [2.75, 3.05) is 5.88 Å². The van der Waals surface area contributed by atoms with Gasteiger partial charge in [-0.2, -0.15) is 0 Å². The van der Waals surface area contributed by atoms with E-state index in [4.69, 9.17) is 11.6 Å². The van der Waals surface area contributed by atoms with E-state index in [-0.39, 0.29) is 0 Å². The summed E-state index contributed by atoms with van der Waals surface area (Å²) in [5.41, 5.74) is 4.44. The summed E-state index contributed by atoms with van der Waals surface area (Å²) in [5, 5.41) is 0. The summed E-state index contributed by atoms with van der Waals surface area (Å²) in [4.78, 5) is 8.80. The molecule has 0 radical (unpaired) electrons. The molecule has 0 spiro atoms. The topological polar surface area (TPSA) is 30.7 Å². The lowest BCUT2D eigenvalue weighted by Crippen LogP contribution is -2.02. The molecule has 0 unspecified atom stereocenters. The number of halogens is 1. The van der Waals surface area contributed by atoms with Crippen molar-refractivity contribution in [2.24, 2.45) is 0 Å². The van der Waals surface area contributed by atoms with Gasteiger partial charge >= 0.3 is 0 Å². The summed E-state index contributed by atoms with van der Waals surface area (Å²) in [5.74, 6) is 2.07. The molecule has 2 aromatic heterocycles. The number of aromatic nitrogens is 3. The molecule has 0 aliphatic heterocycles. The van der Waals surface area contributed by atoms with Gasteiger partial charge in [0, 0.05) is 24.2 Å². The van der Waals surface area contributed by atoms with Crippen LogP contribution >= 0.6 is 11.6 Å². The van der Waals surface area contributed by atoms with Crippen LogP contribution in [0.1, 0.15) is 31.2 Å². The minimum atomic E-state index is 0.532. The monoisotopic (exact) mass is 299 g/mol. The molecule has 0 saturated heterocycles. The first kappa shape index (κ1) is 14.1. The molecular formula is C17H18ClN3. The van der Waals surface area contributed by atoms with Crippen LogP contribution in [-0.4, -0.2) is 20.4 Å². The van der Waals surface area contributed by atoms with Crippen LogP contribution in [-0.2, 0) is 6.42 Å². The Morgan fingerprint density at radius 1 is 1.14 bits per heavy atom. The highest BCUT2D eigenvalue weighted by atomic mass is 35.5. The average molecular weight is 300 g/mol. The van der Waals surface area contributed by atoms with Crippen LogP contribution in [0.2, 0.25) is 0 Å². The van der Waals surface area contributed by atoms with Crippen LogP contribution in [0, 0.1) is 0 Å². The lowest BCUT2D eigenvalue weighted by atomic mass is 10.0. The first-order valence-electron chi connectivity index (χ1n) is 7.18. The predicted molar refractivity (Wildman–Crippen MR) is 87.4 cm³/mol. The van der Waals surface area contributed by atoms with E-state index in [0.29, 0.717) is 11.8 Å². The van der Waals surface area contributed by atoms with Crippen LogP contribution in [0.5, 0.6) is 0 Å². The van der Waals surface area contributed by atoms with Gasteiger partial charge in [0.2, 0.25) is 0 Å². The molecule has 108 valence electrons. The fourth-order valence-corrected chi connectivity index (χ4v) is 2.70. The van der Waals surface area contributed by atoms with E-state index in [2.05, 4.69) is 52.6 Å². The normalized spacial score (nSPS) is 11.4. The Morgan fingerprint density at radius 2 is 1.90 bits per heavy atom. The van der Waals surface area contributed by atoms with Crippen LogP contribution in [0.4, 0.5) is 0 Å². The van der Waals surface area contributed by atoms with Gasteiger partial charge in [-0.15, -0.1) is 11.6 Å². The van der Waals surface area contributed by atoms with Gasteiger partial charge in [-0.05, 0) is 29.7 Å². The number of rotatable bonds is 4. The number of imidazole rings is 1. The molecule has 4 heteroatoms. The van der Waals surface area contributed by atoms with Crippen molar-refractivity contribution in [3.8, 4) is 5.69 Å². The second-order valence-corrected chi connectivity index (χ2v) is 5.79. The minimum Gasteiger partial charge on any atom is -0.296 e. The van der Waals surface area contributed by atoms with E-state index >= 15 is 0 Å². The molecule has 0 bridgehead atoms. The largest absolute Gasteiger partial charge is 0.296 e. The van der Waals surface area contributed by atoms with Crippen LogP contribution < -0.4 is 0 Å². The standard InChI is InChI=1S/C17H18ClN3/c1-12(2)13-3-5-14(6-4-13)21-16-8-10-19-11-15(16)20-17(21)7-9-18/h3-6,8,10-12H,7,9H2,1-2H3. The molecule has 3 aromatic rings. The lowest BCUT2D eigenvalue weighted by molar-refractivity contribution is 0.862. The number of hydrogen-bond donors (Lipinski definition) is 0. The number of pyridine rings is 1. The maximum atomic E-state index is 5.92. The number of benzene rings is 1. The second-order valence-electron chi connectivity index (χ2n) is 5.41. The molecule has 3 nitrogen and oxygen atoms in total. The molecular weight excluding hydrogens is 282 g/mol. The summed E-state index contributed by atoms with van der Waals surface area (Å²) in [7, 11) is 0. The zero-order valence-electron chi connectivity index (χ0n) is 12.3. The number of alkyl halides is 1. The van der Waals surface area contributed by atoms with Gasteiger partial charge < -0.3 is 0 Å². The van der Waals surface area contributed by atoms with Gasteiger partial charge in [0.05, 0.1) is 11.7 Å². The fourth-order valence-electron chi connectivity index (χ4n) is 2.53. The van der Waals surface area contributed by atoms with E-state index in [9.17, 15) is 0 Å². The van der Waals surface area contributed by atoms with E-state index in [0.717, 1.165) is 29.0 Å². The summed E-state index contributed by atoms with van der Waals surface area (Å²) < 4.78 is 2.17. The zero-order valence-corrected chi connectivity index (χ0v) is 13.0. The molecule has 0 N–H and O–H groups in total. The Hall–Kier alpha value is -1.87. The first-order valence-corrected chi connectivity index (χ1v) is 7.72. The fraction of sp³-hybridized carbons (Fsp3) is 0.294. The number of nitrogens with zero attached hydrogens (tertiary/aromatic N) is 3. The van der Waals surface area contributed by atoms with Gasteiger partial charge in [-0.1, -0.05) is 26.0 Å². The Balaban J connectivity index is 2.15. The maximum Gasteiger partial charge on any atom is 0.115 e. The smallest absolute Gasteiger partial charge is 0.115 e. The van der Waals surface area contributed by atoms with E-state index in [1.165, 1.54) is 5.56 Å². The molecule has 0 aliphatic carbocycles. The highest BCUT2D eigenvalue weighted by Crippen LogP contribution is 2.23. The van der Waals surface area contributed by atoms with Crippen LogP contribution in [0.3, 0.4) is 0 Å². The van der Waals surface area contributed by atoms with Crippen molar-refractivity contribution in [2.45, 2.75) is 26.2 Å². The van der Waals surface area contributed by atoms with Gasteiger partial charge in [0.25, 0.3) is 0 Å². The van der Waals surface area contributed by atoms with Crippen LogP contribution in [0.25, 0.3) is 16.7 Å². The second kappa shape index (κ2) is 5.86. The Morgan fingerprint density at radius 3 is 2.57 bits per heavy atom. The van der Waals surface area contributed by atoms with Crippen molar-refractivity contribution in [1.82, 2.24) is 14.5 Å². The third-order valence-electron chi connectivity index (χ3n) is 3.66. The average Bonchev–Trinajstić information content (AvgIpc) is 2.85. The third-order valence-corrected chi connectivity index (χ3v) is 3.85. The Bertz CT molecular complexity index is 744. The summed E-state index contributed by atoms with van der Waals surface area (Å²) in [6.07, 6.45) is 4.34. The van der Waals surface area contributed by atoms with Gasteiger partial charge in [0.15, 0.2) is 0 Å². The minimum absolute atomic E-state index is 0.532. The summed E-state index contributed by atoms with van der Waals surface area (Å²) in [6, 6.07) is 10.6. The molecule has 0 saturated carbocycles.